The third kappa shape index (κ3) is 8.55. The summed E-state index contributed by atoms with van der Waals surface area (Å²) < 4.78 is 43.5. The summed E-state index contributed by atoms with van der Waals surface area (Å²) in [5.74, 6) is -0.657. The average molecular weight is 460 g/mol. The van der Waals surface area contributed by atoms with Crippen LogP contribution in [0.15, 0.2) is 48.6 Å². The van der Waals surface area contributed by atoms with Gasteiger partial charge in [-0.2, -0.15) is 13.2 Å². The van der Waals surface area contributed by atoms with Crippen molar-refractivity contribution in [3.8, 4) is 5.75 Å². The Morgan fingerprint density at radius 1 is 1.09 bits per heavy atom. The Morgan fingerprint density at radius 2 is 1.84 bits per heavy atom. The topological polar surface area (TPSA) is 110 Å². The third-order valence-corrected chi connectivity index (χ3v) is 5.46. The van der Waals surface area contributed by atoms with Crippen LogP contribution in [0.5, 0.6) is 5.75 Å². The van der Waals surface area contributed by atoms with Gasteiger partial charge < -0.3 is 30.3 Å². The second kappa shape index (κ2) is 12.4. The van der Waals surface area contributed by atoms with E-state index in [-0.39, 0.29) is 31.1 Å². The number of benzene rings is 1. The first kappa shape index (κ1) is 26.3. The third-order valence-electron chi connectivity index (χ3n) is 5.46. The Morgan fingerprint density at radius 3 is 2.53 bits per heavy atom. The molecule has 0 heterocycles. The van der Waals surface area contributed by atoms with Crippen molar-refractivity contribution in [2.75, 3.05) is 6.61 Å². The van der Waals surface area contributed by atoms with Crippen molar-refractivity contribution >= 4 is 0 Å². The Balaban J connectivity index is 1.87. The van der Waals surface area contributed by atoms with Gasteiger partial charge in [0.1, 0.15) is 18.5 Å². The van der Waals surface area contributed by atoms with E-state index in [4.69, 9.17) is 14.9 Å². The van der Waals surface area contributed by atoms with E-state index in [0.29, 0.717) is 19.3 Å². The highest BCUT2D eigenvalue weighted by molar-refractivity contribution is 5.30. The summed E-state index contributed by atoms with van der Waals surface area (Å²) >= 11 is 0. The lowest BCUT2D eigenvalue weighted by atomic mass is 9.89. The summed E-state index contributed by atoms with van der Waals surface area (Å²) in [4.78, 5) is 0. The summed E-state index contributed by atoms with van der Waals surface area (Å²) in [6.07, 6.45) is 0.671. The van der Waals surface area contributed by atoms with Gasteiger partial charge in [-0.1, -0.05) is 30.4 Å². The molecular weight excluding hydrogens is 429 g/mol. The van der Waals surface area contributed by atoms with Crippen molar-refractivity contribution in [2.45, 2.75) is 62.9 Å². The Bertz CT molecular complexity index is 749. The molecule has 0 amide bonds. The van der Waals surface area contributed by atoms with Crippen LogP contribution in [0.25, 0.3) is 0 Å². The molecule has 0 aliphatic heterocycles. The van der Waals surface area contributed by atoms with E-state index < -0.39 is 42.3 Å². The minimum absolute atomic E-state index is 0.0136. The van der Waals surface area contributed by atoms with E-state index in [1.165, 1.54) is 18.2 Å². The number of hydrogen-bond acceptors (Lipinski definition) is 6. The fraction of sp³-hybridized carbons (Fsp3) is 0.565. The van der Waals surface area contributed by atoms with Gasteiger partial charge in [0.15, 0.2) is 6.29 Å². The molecule has 6 nitrogen and oxygen atoms in total. The van der Waals surface area contributed by atoms with Gasteiger partial charge in [0.05, 0.1) is 17.8 Å². The molecule has 9 heteroatoms. The molecule has 0 saturated heterocycles. The van der Waals surface area contributed by atoms with Crippen LogP contribution in [-0.2, 0) is 6.18 Å². The maximum Gasteiger partial charge on any atom is 0.416 e. The van der Waals surface area contributed by atoms with E-state index >= 15 is 0 Å². The van der Waals surface area contributed by atoms with Crippen molar-refractivity contribution in [3.05, 3.63) is 54.1 Å². The van der Waals surface area contributed by atoms with Crippen LogP contribution in [0.2, 0.25) is 0 Å². The lowest BCUT2D eigenvalue weighted by Crippen LogP contribution is -2.21. The standard InChI is InChI=1S/C23H31F3O6/c24-23(25,26)15-6-5-7-17(12-15)32-14-16(27)10-11-19-18(20(28)13-21(19)29)8-3-1-2-4-9-22(30)31/h1,3,5-7,10-12,16,18-22,27-31H,2,4,8-9,13-14H2/b3-1-,11-10+/t16-,18-,19-,20+,21-/m1/s1. The molecule has 0 bridgehead atoms. The minimum Gasteiger partial charge on any atom is -0.491 e. The Labute approximate surface area is 185 Å². The van der Waals surface area contributed by atoms with Crippen LogP contribution < -0.4 is 4.74 Å². The van der Waals surface area contributed by atoms with Crippen LogP contribution >= 0.6 is 0 Å². The number of alkyl halides is 3. The van der Waals surface area contributed by atoms with Crippen LogP contribution in [0.1, 0.15) is 37.7 Å². The second-order valence-corrected chi connectivity index (χ2v) is 8.02. The van der Waals surface area contributed by atoms with Crippen molar-refractivity contribution in [1.82, 2.24) is 0 Å². The fourth-order valence-corrected chi connectivity index (χ4v) is 3.75. The molecule has 1 aromatic carbocycles. The van der Waals surface area contributed by atoms with Crippen LogP contribution in [0.4, 0.5) is 13.2 Å². The first-order chi connectivity index (χ1) is 15.1. The molecule has 1 aromatic rings. The SMILES string of the molecule is OC(O)CCC/C=C\C[C@@H]1[C@@H](/C=C/[C@@H](O)COc2cccc(C(F)(F)F)c2)[C@H](O)C[C@@H]1O. The highest BCUT2D eigenvalue weighted by Gasteiger charge is 2.39. The Kier molecular flexibility index (Phi) is 10.2. The average Bonchev–Trinajstić information content (AvgIpc) is 2.99. The summed E-state index contributed by atoms with van der Waals surface area (Å²) in [7, 11) is 0. The van der Waals surface area contributed by atoms with Gasteiger partial charge >= 0.3 is 6.18 Å². The summed E-state index contributed by atoms with van der Waals surface area (Å²) in [6.45, 7) is -0.259. The molecule has 180 valence electrons. The van der Waals surface area contributed by atoms with Crippen LogP contribution in [0, 0.1) is 11.8 Å². The van der Waals surface area contributed by atoms with Gasteiger partial charge in [0.2, 0.25) is 0 Å². The maximum atomic E-state index is 12.8. The van der Waals surface area contributed by atoms with Crippen LogP contribution in [0.3, 0.4) is 0 Å². The largest absolute Gasteiger partial charge is 0.491 e. The molecule has 1 aliphatic rings. The molecule has 1 fully saturated rings. The van der Waals surface area contributed by atoms with Crippen molar-refractivity contribution < 1.29 is 43.4 Å². The molecule has 2 rings (SSSR count). The number of hydrogen-bond donors (Lipinski definition) is 5. The minimum atomic E-state index is -4.49. The summed E-state index contributed by atoms with van der Waals surface area (Å²) in [5.41, 5.74) is -0.841. The van der Waals surface area contributed by atoms with E-state index in [1.807, 2.05) is 12.2 Å². The predicted molar refractivity (Wildman–Crippen MR) is 112 cm³/mol. The second-order valence-electron chi connectivity index (χ2n) is 8.02. The molecule has 5 atom stereocenters. The first-order valence-corrected chi connectivity index (χ1v) is 10.6. The summed E-state index contributed by atoms with van der Waals surface area (Å²) in [6, 6.07) is 4.38. The highest BCUT2D eigenvalue weighted by Crippen LogP contribution is 2.36. The van der Waals surface area contributed by atoms with E-state index in [2.05, 4.69) is 0 Å². The number of aliphatic hydroxyl groups excluding tert-OH is 4. The number of rotatable bonds is 11. The molecule has 0 unspecified atom stereocenters. The smallest absolute Gasteiger partial charge is 0.416 e. The van der Waals surface area contributed by atoms with E-state index in [1.54, 1.807) is 6.08 Å². The lowest BCUT2D eigenvalue weighted by Gasteiger charge is -2.19. The first-order valence-electron chi connectivity index (χ1n) is 10.6. The van der Waals surface area contributed by atoms with Crippen molar-refractivity contribution in [1.29, 1.82) is 0 Å². The fourth-order valence-electron chi connectivity index (χ4n) is 3.75. The molecule has 5 N–H and O–H groups in total. The van der Waals surface area contributed by atoms with Gasteiger partial charge in [-0.05, 0) is 49.8 Å². The predicted octanol–water partition coefficient (Wildman–Crippen LogP) is 2.79. The molecule has 0 spiro atoms. The van der Waals surface area contributed by atoms with Gasteiger partial charge in [-0.25, -0.2) is 0 Å². The van der Waals surface area contributed by atoms with E-state index in [9.17, 15) is 28.5 Å². The molecule has 1 saturated carbocycles. The van der Waals surface area contributed by atoms with E-state index in [0.717, 1.165) is 12.1 Å². The Hall–Kier alpha value is -1.91. The quantitative estimate of drug-likeness (QED) is 0.197. The van der Waals surface area contributed by atoms with Gasteiger partial charge in [-0.3, -0.25) is 0 Å². The molecule has 32 heavy (non-hydrogen) atoms. The zero-order valence-corrected chi connectivity index (χ0v) is 17.6. The number of ether oxygens (including phenoxy) is 1. The van der Waals surface area contributed by atoms with Crippen molar-refractivity contribution in [2.24, 2.45) is 11.8 Å². The molecular formula is C23H31F3O6. The van der Waals surface area contributed by atoms with Gasteiger partial charge in [-0.15, -0.1) is 0 Å². The molecule has 0 radical (unpaired) electrons. The van der Waals surface area contributed by atoms with Crippen molar-refractivity contribution in [3.63, 3.8) is 0 Å². The number of aliphatic hydroxyl groups is 5. The van der Waals surface area contributed by atoms with Gasteiger partial charge in [0, 0.05) is 12.3 Å². The number of halogens is 3. The zero-order valence-electron chi connectivity index (χ0n) is 17.6. The zero-order chi connectivity index (χ0) is 23.7. The lowest BCUT2D eigenvalue weighted by molar-refractivity contribution is -0.137. The number of unbranched alkanes of at least 4 members (excludes halogenated alkanes) is 1. The summed E-state index contributed by atoms with van der Waals surface area (Å²) in [5, 5.41) is 48.3. The highest BCUT2D eigenvalue weighted by atomic mass is 19.4. The molecule has 0 aromatic heterocycles. The maximum absolute atomic E-state index is 12.8. The normalized spacial score (nSPS) is 25.3. The molecule has 1 aliphatic carbocycles. The number of allylic oxidation sites excluding steroid dienone is 2. The van der Waals surface area contributed by atoms with Crippen LogP contribution in [-0.4, -0.2) is 56.7 Å². The van der Waals surface area contributed by atoms with Gasteiger partial charge in [0.25, 0.3) is 0 Å². The monoisotopic (exact) mass is 460 g/mol.